The molecular formula is C5H12NO4P. The summed E-state index contributed by atoms with van der Waals surface area (Å²) in [6.07, 6.45) is 0. The smallest absolute Gasteiger partial charge is 0.312 e. The molecule has 0 spiro atoms. The van der Waals surface area contributed by atoms with Crippen LogP contribution in [0.2, 0.25) is 0 Å². The summed E-state index contributed by atoms with van der Waals surface area (Å²) < 4.78 is 15.0. The zero-order valence-corrected chi connectivity index (χ0v) is 7.59. The highest BCUT2D eigenvalue weighted by atomic mass is 31.2. The SMILES string of the molecule is COP(=O)(O)NC(C)C(C)=O. The fraction of sp³-hybridized carbons (Fsp3) is 0.800. The maximum atomic E-state index is 10.8. The summed E-state index contributed by atoms with van der Waals surface area (Å²) in [5, 5.41) is 2.14. The molecule has 0 amide bonds. The molecule has 0 aliphatic heterocycles. The lowest BCUT2D eigenvalue weighted by atomic mass is 10.3. The van der Waals surface area contributed by atoms with Gasteiger partial charge in [-0.05, 0) is 13.8 Å². The molecule has 0 aromatic rings. The molecule has 2 N–H and O–H groups in total. The lowest BCUT2D eigenvalue weighted by Gasteiger charge is -2.13. The normalized spacial score (nSPS) is 18.9. The Balaban J connectivity index is 4.04. The number of nitrogens with one attached hydrogen (secondary N) is 1. The van der Waals surface area contributed by atoms with Crippen LogP contribution in [0.5, 0.6) is 0 Å². The van der Waals surface area contributed by atoms with Crippen LogP contribution < -0.4 is 5.09 Å². The number of ketones is 1. The minimum atomic E-state index is -3.75. The van der Waals surface area contributed by atoms with Crippen LogP contribution in [0, 0.1) is 0 Å². The minimum absolute atomic E-state index is 0.212. The zero-order chi connectivity index (χ0) is 9.07. The lowest BCUT2D eigenvalue weighted by Crippen LogP contribution is -2.29. The van der Waals surface area contributed by atoms with Crippen LogP contribution >= 0.6 is 7.75 Å². The average molecular weight is 181 g/mol. The number of hydrogen-bond donors (Lipinski definition) is 2. The number of rotatable bonds is 4. The van der Waals surface area contributed by atoms with Crippen LogP contribution in [0.3, 0.4) is 0 Å². The Morgan fingerprint density at radius 2 is 2.18 bits per heavy atom. The van der Waals surface area contributed by atoms with Gasteiger partial charge in [0.15, 0.2) is 0 Å². The van der Waals surface area contributed by atoms with E-state index in [9.17, 15) is 9.36 Å². The van der Waals surface area contributed by atoms with Gasteiger partial charge in [-0.1, -0.05) is 0 Å². The third-order valence-electron chi connectivity index (χ3n) is 1.21. The highest BCUT2D eigenvalue weighted by molar-refractivity contribution is 7.50. The summed E-state index contributed by atoms with van der Waals surface area (Å²) in [5.41, 5.74) is 0. The first kappa shape index (κ1) is 10.8. The summed E-state index contributed by atoms with van der Waals surface area (Å²) in [5.74, 6) is -0.212. The third-order valence-corrected chi connectivity index (χ3v) is 2.42. The Hall–Kier alpha value is -0.220. The Morgan fingerprint density at radius 1 is 1.73 bits per heavy atom. The van der Waals surface area contributed by atoms with Crippen molar-refractivity contribution in [2.45, 2.75) is 19.9 Å². The second-order valence-corrected chi connectivity index (χ2v) is 3.83. The van der Waals surface area contributed by atoms with Gasteiger partial charge in [-0.3, -0.25) is 4.79 Å². The van der Waals surface area contributed by atoms with E-state index < -0.39 is 13.8 Å². The van der Waals surface area contributed by atoms with Gasteiger partial charge in [0.2, 0.25) is 0 Å². The second kappa shape index (κ2) is 3.97. The molecule has 0 aromatic carbocycles. The van der Waals surface area contributed by atoms with Crippen LogP contribution in [0.4, 0.5) is 0 Å². The van der Waals surface area contributed by atoms with Gasteiger partial charge in [0.1, 0.15) is 5.78 Å². The molecule has 0 saturated carbocycles. The van der Waals surface area contributed by atoms with E-state index in [0.717, 1.165) is 7.11 Å². The Bertz CT molecular complexity index is 193. The van der Waals surface area contributed by atoms with Crippen LogP contribution in [-0.2, 0) is 13.9 Å². The minimum Gasteiger partial charge on any atom is -0.312 e. The molecule has 0 bridgehead atoms. The Labute approximate surface area is 65.3 Å². The predicted molar refractivity (Wildman–Crippen MR) is 40.1 cm³/mol. The van der Waals surface area contributed by atoms with Crippen molar-refractivity contribution in [2.75, 3.05) is 7.11 Å². The first-order valence-electron chi connectivity index (χ1n) is 3.06. The van der Waals surface area contributed by atoms with Crippen LogP contribution in [0.15, 0.2) is 0 Å². The van der Waals surface area contributed by atoms with Gasteiger partial charge >= 0.3 is 7.75 Å². The summed E-state index contributed by atoms with van der Waals surface area (Å²) in [6.45, 7) is 2.82. The predicted octanol–water partition coefficient (Wildman–Crippen LogP) is 0.300. The van der Waals surface area contributed by atoms with E-state index in [1.54, 1.807) is 0 Å². The molecule has 5 nitrogen and oxygen atoms in total. The highest BCUT2D eigenvalue weighted by Gasteiger charge is 2.21. The summed E-state index contributed by atoms with van der Waals surface area (Å²) >= 11 is 0. The van der Waals surface area contributed by atoms with Crippen molar-refractivity contribution in [1.29, 1.82) is 0 Å². The topological polar surface area (TPSA) is 75.6 Å². The molecule has 0 heterocycles. The zero-order valence-electron chi connectivity index (χ0n) is 6.70. The van der Waals surface area contributed by atoms with E-state index in [1.807, 2.05) is 0 Å². The third kappa shape index (κ3) is 4.27. The molecule has 0 aromatic heterocycles. The van der Waals surface area contributed by atoms with Crippen LogP contribution in [-0.4, -0.2) is 23.8 Å². The molecule has 66 valence electrons. The van der Waals surface area contributed by atoms with Gasteiger partial charge in [0, 0.05) is 7.11 Å². The molecular weight excluding hydrogens is 169 g/mol. The number of carbonyl (C=O) groups is 1. The standard InChI is InChI=1S/C5H12NO4P/c1-4(5(2)7)6-11(8,9)10-3/h4H,1-3H3,(H2,6,8,9). The maximum Gasteiger partial charge on any atom is 0.403 e. The van der Waals surface area contributed by atoms with Crippen LogP contribution in [0.1, 0.15) is 13.8 Å². The van der Waals surface area contributed by atoms with Crippen molar-refractivity contribution in [3.63, 3.8) is 0 Å². The fourth-order valence-electron chi connectivity index (χ4n) is 0.388. The van der Waals surface area contributed by atoms with Gasteiger partial charge in [0.05, 0.1) is 6.04 Å². The van der Waals surface area contributed by atoms with Crippen molar-refractivity contribution < 1.29 is 18.8 Å². The Morgan fingerprint density at radius 3 is 2.45 bits per heavy atom. The van der Waals surface area contributed by atoms with Gasteiger partial charge in [-0.25, -0.2) is 9.65 Å². The van der Waals surface area contributed by atoms with E-state index in [0.29, 0.717) is 0 Å². The number of carbonyl (C=O) groups excluding carboxylic acids is 1. The highest BCUT2D eigenvalue weighted by Crippen LogP contribution is 2.35. The molecule has 0 saturated heterocycles. The van der Waals surface area contributed by atoms with Crippen molar-refractivity contribution in [3.05, 3.63) is 0 Å². The summed E-state index contributed by atoms with van der Waals surface area (Å²) in [7, 11) is -2.66. The maximum absolute atomic E-state index is 10.8. The van der Waals surface area contributed by atoms with Gasteiger partial charge in [0.25, 0.3) is 0 Å². The van der Waals surface area contributed by atoms with Crippen molar-refractivity contribution in [3.8, 4) is 0 Å². The van der Waals surface area contributed by atoms with E-state index in [2.05, 4.69) is 9.61 Å². The van der Waals surface area contributed by atoms with Gasteiger partial charge < -0.3 is 9.42 Å². The van der Waals surface area contributed by atoms with Crippen LogP contribution in [0.25, 0.3) is 0 Å². The molecule has 6 heteroatoms. The van der Waals surface area contributed by atoms with Gasteiger partial charge in [-0.15, -0.1) is 0 Å². The van der Waals surface area contributed by atoms with E-state index >= 15 is 0 Å². The van der Waals surface area contributed by atoms with E-state index in [-0.39, 0.29) is 5.78 Å². The van der Waals surface area contributed by atoms with Crippen molar-refractivity contribution in [2.24, 2.45) is 0 Å². The molecule has 0 fully saturated rings. The average Bonchev–Trinajstić information content (AvgIpc) is 1.87. The quantitative estimate of drug-likeness (QED) is 0.610. The van der Waals surface area contributed by atoms with Crippen molar-refractivity contribution in [1.82, 2.24) is 5.09 Å². The number of hydrogen-bond acceptors (Lipinski definition) is 3. The van der Waals surface area contributed by atoms with E-state index in [4.69, 9.17) is 4.89 Å². The first-order chi connectivity index (χ1) is 4.89. The molecule has 2 unspecified atom stereocenters. The molecule has 0 aliphatic rings. The molecule has 11 heavy (non-hydrogen) atoms. The summed E-state index contributed by atoms with van der Waals surface area (Å²) in [4.78, 5) is 19.4. The molecule has 0 rings (SSSR count). The molecule has 0 aliphatic carbocycles. The Kier molecular flexibility index (Phi) is 3.89. The first-order valence-corrected chi connectivity index (χ1v) is 4.63. The largest absolute Gasteiger partial charge is 0.403 e. The lowest BCUT2D eigenvalue weighted by molar-refractivity contribution is -0.118. The second-order valence-electron chi connectivity index (χ2n) is 2.16. The molecule has 0 radical (unpaired) electrons. The summed E-state index contributed by atoms with van der Waals surface area (Å²) in [6, 6.07) is -0.661. The number of Topliss-reactive ketones (excluding diaryl/α,β-unsaturated/α-hetero) is 1. The monoisotopic (exact) mass is 181 g/mol. The van der Waals surface area contributed by atoms with Crippen molar-refractivity contribution >= 4 is 13.5 Å². The fourth-order valence-corrected chi connectivity index (χ4v) is 1.16. The van der Waals surface area contributed by atoms with E-state index in [1.165, 1.54) is 13.8 Å². The van der Waals surface area contributed by atoms with Gasteiger partial charge in [-0.2, -0.15) is 0 Å². The molecule has 2 atom stereocenters.